The summed E-state index contributed by atoms with van der Waals surface area (Å²) in [5.41, 5.74) is 17.4. The third-order valence-electron chi connectivity index (χ3n) is 12.1. The summed E-state index contributed by atoms with van der Waals surface area (Å²) in [7, 11) is 0. The number of benzene rings is 9. The van der Waals surface area contributed by atoms with Gasteiger partial charge in [-0.05, 0) is 116 Å². The summed E-state index contributed by atoms with van der Waals surface area (Å²) in [5.74, 6) is 2.84. The van der Waals surface area contributed by atoms with Crippen LogP contribution in [-0.4, -0.2) is 0 Å². The van der Waals surface area contributed by atoms with Crippen LogP contribution >= 0.6 is 0 Å². The Morgan fingerprint density at radius 2 is 0.793 bits per heavy atom. The number of hydrogen-bond donors (Lipinski definition) is 0. The molecule has 0 bridgehead atoms. The van der Waals surface area contributed by atoms with Crippen molar-refractivity contribution in [1.82, 2.24) is 0 Å². The first-order valence-electron chi connectivity index (χ1n) is 19.8. The maximum Gasteiger partial charge on any atom is 0.170 e. The number of anilines is 3. The van der Waals surface area contributed by atoms with Crippen LogP contribution < -0.4 is 14.4 Å². The van der Waals surface area contributed by atoms with Crippen LogP contribution in [0.2, 0.25) is 0 Å². The van der Waals surface area contributed by atoms with Gasteiger partial charge in [0, 0.05) is 16.9 Å². The molecular weight excluding hydrogens is 707 g/mol. The first-order valence-corrected chi connectivity index (χ1v) is 19.8. The number of fused-ring (bicyclic) bond motifs is 12. The van der Waals surface area contributed by atoms with E-state index in [0.29, 0.717) is 11.5 Å². The second kappa shape index (κ2) is 12.7. The first-order chi connectivity index (χ1) is 28.8. The normalized spacial score (nSPS) is 13.2. The second-order valence-electron chi connectivity index (χ2n) is 15.2. The van der Waals surface area contributed by atoms with Gasteiger partial charge in [0.2, 0.25) is 0 Å². The van der Waals surface area contributed by atoms with E-state index in [1.807, 2.05) is 6.07 Å². The van der Waals surface area contributed by atoms with E-state index in [2.05, 4.69) is 211 Å². The van der Waals surface area contributed by atoms with E-state index in [1.165, 1.54) is 50.1 Å². The molecule has 0 saturated carbocycles. The van der Waals surface area contributed by atoms with E-state index < -0.39 is 5.41 Å². The number of rotatable bonds is 5. The molecule has 2 aliphatic carbocycles. The average Bonchev–Trinajstić information content (AvgIpc) is 3.75. The molecule has 0 aromatic heterocycles. The van der Waals surface area contributed by atoms with Crippen molar-refractivity contribution in [1.29, 1.82) is 0 Å². The number of ether oxygens (including phenoxy) is 2. The highest BCUT2D eigenvalue weighted by molar-refractivity contribution is 5.96. The molecule has 0 atom stereocenters. The Morgan fingerprint density at radius 1 is 0.293 bits per heavy atom. The molecule has 1 spiro atoms. The lowest BCUT2D eigenvalue weighted by Gasteiger charge is -2.31. The number of hydrogen-bond acceptors (Lipinski definition) is 3. The zero-order chi connectivity index (χ0) is 38.2. The summed E-state index contributed by atoms with van der Waals surface area (Å²) < 4.78 is 13.6. The fourth-order valence-corrected chi connectivity index (χ4v) is 9.71. The topological polar surface area (TPSA) is 21.7 Å². The predicted molar refractivity (Wildman–Crippen MR) is 235 cm³/mol. The maximum absolute atomic E-state index is 6.82. The molecule has 9 aromatic rings. The molecule has 0 amide bonds. The summed E-state index contributed by atoms with van der Waals surface area (Å²) in [6, 6.07) is 75.8. The van der Waals surface area contributed by atoms with Crippen molar-refractivity contribution in [3.63, 3.8) is 0 Å². The van der Waals surface area contributed by atoms with Crippen LogP contribution in [0.15, 0.2) is 212 Å². The SMILES string of the molecule is c1ccc(-c2ccccc2N(c2ccccc2)c2cccc(-c3ccc4c(c3)Oc3cc5c(cc3O4)C3(c4ccccc4-c4ccccc43)c3ccccc3-5)c2)cc1. The second-order valence-corrected chi connectivity index (χ2v) is 15.2. The highest BCUT2D eigenvalue weighted by Crippen LogP contribution is 2.64. The van der Waals surface area contributed by atoms with Crippen LogP contribution in [0, 0.1) is 0 Å². The highest BCUT2D eigenvalue weighted by atomic mass is 16.6. The van der Waals surface area contributed by atoms with Gasteiger partial charge >= 0.3 is 0 Å². The van der Waals surface area contributed by atoms with Gasteiger partial charge in [-0.15, -0.1) is 0 Å². The van der Waals surface area contributed by atoms with Crippen LogP contribution in [0.4, 0.5) is 17.1 Å². The van der Waals surface area contributed by atoms with E-state index >= 15 is 0 Å². The minimum Gasteiger partial charge on any atom is -0.450 e. The summed E-state index contributed by atoms with van der Waals surface area (Å²) in [4.78, 5) is 2.34. The monoisotopic (exact) mass is 741 g/mol. The van der Waals surface area contributed by atoms with Crippen LogP contribution in [-0.2, 0) is 5.41 Å². The van der Waals surface area contributed by atoms with Crippen molar-refractivity contribution in [3.05, 3.63) is 235 Å². The molecule has 9 aromatic carbocycles. The Morgan fingerprint density at radius 3 is 1.50 bits per heavy atom. The van der Waals surface area contributed by atoms with Crippen molar-refractivity contribution in [2.24, 2.45) is 0 Å². The Labute approximate surface area is 337 Å². The van der Waals surface area contributed by atoms with Crippen LogP contribution in [0.25, 0.3) is 44.5 Å². The predicted octanol–water partition coefficient (Wildman–Crippen LogP) is 14.7. The van der Waals surface area contributed by atoms with Crippen molar-refractivity contribution < 1.29 is 9.47 Å². The van der Waals surface area contributed by atoms with Gasteiger partial charge in [-0.1, -0.05) is 158 Å². The maximum atomic E-state index is 6.82. The summed E-state index contributed by atoms with van der Waals surface area (Å²) >= 11 is 0. The van der Waals surface area contributed by atoms with Crippen LogP contribution in [0.1, 0.15) is 22.3 Å². The molecule has 3 heteroatoms. The van der Waals surface area contributed by atoms with Crippen LogP contribution in [0.5, 0.6) is 23.0 Å². The van der Waals surface area contributed by atoms with Gasteiger partial charge in [0.1, 0.15) is 0 Å². The zero-order valence-corrected chi connectivity index (χ0v) is 31.5. The van der Waals surface area contributed by atoms with Crippen molar-refractivity contribution >= 4 is 17.1 Å². The largest absolute Gasteiger partial charge is 0.450 e. The Kier molecular flexibility index (Phi) is 7.14. The van der Waals surface area contributed by atoms with Gasteiger partial charge in [-0.25, -0.2) is 0 Å². The van der Waals surface area contributed by atoms with Crippen molar-refractivity contribution in [2.45, 2.75) is 5.41 Å². The quantitative estimate of drug-likeness (QED) is 0.175. The van der Waals surface area contributed by atoms with Crippen molar-refractivity contribution in [3.8, 4) is 67.5 Å². The Hall–Kier alpha value is -7.62. The van der Waals surface area contributed by atoms with Gasteiger partial charge in [-0.3, -0.25) is 0 Å². The third kappa shape index (κ3) is 4.74. The number of para-hydroxylation sites is 2. The van der Waals surface area contributed by atoms with Gasteiger partial charge in [0.15, 0.2) is 23.0 Å². The Bertz CT molecular complexity index is 3030. The summed E-state index contributed by atoms with van der Waals surface area (Å²) in [5, 5.41) is 0. The molecule has 272 valence electrons. The zero-order valence-electron chi connectivity index (χ0n) is 31.5. The van der Waals surface area contributed by atoms with E-state index in [9.17, 15) is 0 Å². The minimum atomic E-state index is -0.443. The minimum absolute atomic E-state index is 0.443. The highest BCUT2D eigenvalue weighted by Gasteiger charge is 2.52. The van der Waals surface area contributed by atoms with Gasteiger partial charge in [0.05, 0.1) is 11.1 Å². The molecule has 12 rings (SSSR count). The molecule has 58 heavy (non-hydrogen) atoms. The lowest BCUT2D eigenvalue weighted by atomic mass is 9.70. The van der Waals surface area contributed by atoms with Gasteiger partial charge in [-0.2, -0.15) is 0 Å². The molecular formula is C55H35NO2. The summed E-state index contributed by atoms with van der Waals surface area (Å²) in [6.45, 7) is 0. The molecule has 0 N–H and O–H groups in total. The van der Waals surface area contributed by atoms with E-state index in [4.69, 9.17) is 9.47 Å². The molecule has 1 heterocycles. The number of nitrogens with zero attached hydrogens (tertiary/aromatic N) is 1. The molecule has 3 nitrogen and oxygen atoms in total. The molecule has 0 unspecified atom stereocenters. The molecule has 0 fully saturated rings. The molecule has 0 radical (unpaired) electrons. The van der Waals surface area contributed by atoms with E-state index in [-0.39, 0.29) is 0 Å². The lowest BCUT2D eigenvalue weighted by molar-refractivity contribution is 0.359. The molecule has 0 saturated heterocycles. The van der Waals surface area contributed by atoms with Gasteiger partial charge in [0.25, 0.3) is 0 Å². The third-order valence-corrected chi connectivity index (χ3v) is 12.1. The molecule has 3 aliphatic rings. The lowest BCUT2D eigenvalue weighted by Crippen LogP contribution is -2.25. The van der Waals surface area contributed by atoms with Gasteiger partial charge < -0.3 is 14.4 Å². The van der Waals surface area contributed by atoms with E-state index in [0.717, 1.165) is 45.3 Å². The summed E-state index contributed by atoms with van der Waals surface area (Å²) in [6.07, 6.45) is 0. The first kappa shape index (κ1) is 32.6. The average molecular weight is 742 g/mol. The van der Waals surface area contributed by atoms with Crippen LogP contribution in [0.3, 0.4) is 0 Å². The van der Waals surface area contributed by atoms with E-state index in [1.54, 1.807) is 0 Å². The fourth-order valence-electron chi connectivity index (χ4n) is 9.71. The smallest absolute Gasteiger partial charge is 0.170 e. The molecule has 1 aliphatic heterocycles. The Balaban J connectivity index is 0.944. The standard InChI is InChI=1S/C55H35NO2/c1-3-16-36(17-4-1)41-22-10-14-29-50(41)56(39-19-5-2-6-20-39)40-21-15-18-37(32-40)38-30-31-51-52(33-38)58-53-34-45-44-25-9-13-28-48(44)55(49(45)35-54(53)57-51)46-26-11-7-23-42(46)43-24-8-12-27-47(43)55/h1-35H. The fraction of sp³-hybridized carbons (Fsp3) is 0.0182. The van der Waals surface area contributed by atoms with Crippen molar-refractivity contribution in [2.75, 3.05) is 4.90 Å².